The molecule has 0 saturated carbocycles. The number of hydrogen-bond acceptors (Lipinski definition) is 4. The van der Waals surface area contributed by atoms with Gasteiger partial charge in [-0.3, -0.25) is 9.59 Å². The van der Waals surface area contributed by atoms with Crippen LogP contribution in [0.2, 0.25) is 0 Å². The summed E-state index contributed by atoms with van der Waals surface area (Å²) in [6.45, 7) is 2.75. The average molecular weight is 375 g/mol. The monoisotopic (exact) mass is 375 g/mol. The van der Waals surface area contributed by atoms with Gasteiger partial charge in [0, 0.05) is 18.7 Å². The molecular weight excluding hydrogens is 354 g/mol. The first-order chi connectivity index (χ1) is 13.6. The molecule has 2 heterocycles. The second-order valence-corrected chi connectivity index (χ2v) is 6.79. The van der Waals surface area contributed by atoms with E-state index in [9.17, 15) is 9.59 Å². The molecule has 142 valence electrons. The number of anilines is 1. The Labute approximate surface area is 162 Å². The van der Waals surface area contributed by atoms with Gasteiger partial charge in [-0.2, -0.15) is 5.10 Å². The summed E-state index contributed by atoms with van der Waals surface area (Å²) in [4.78, 5) is 30.2. The van der Waals surface area contributed by atoms with Gasteiger partial charge in [-0.25, -0.2) is 10.4 Å². The number of aromatic nitrogens is 2. The molecule has 7 heteroatoms. The first-order valence-corrected chi connectivity index (χ1v) is 9.25. The molecule has 0 atom stereocenters. The minimum Gasteiger partial charge on any atom is -0.321 e. The lowest BCUT2D eigenvalue weighted by Gasteiger charge is -2.15. The van der Waals surface area contributed by atoms with Crippen molar-refractivity contribution in [2.75, 3.05) is 11.4 Å². The third-order valence-electron chi connectivity index (χ3n) is 4.86. The van der Waals surface area contributed by atoms with E-state index >= 15 is 0 Å². The van der Waals surface area contributed by atoms with Gasteiger partial charge in [-0.15, -0.1) is 0 Å². The molecule has 1 fully saturated rings. The number of benzene rings is 2. The molecule has 1 saturated heterocycles. The van der Waals surface area contributed by atoms with Gasteiger partial charge in [0.05, 0.1) is 23.1 Å². The van der Waals surface area contributed by atoms with Crippen molar-refractivity contribution in [3.8, 4) is 0 Å². The van der Waals surface area contributed by atoms with Crippen molar-refractivity contribution >= 4 is 34.2 Å². The van der Waals surface area contributed by atoms with Crippen molar-refractivity contribution in [3.05, 3.63) is 60.4 Å². The second-order valence-electron chi connectivity index (χ2n) is 6.79. The van der Waals surface area contributed by atoms with E-state index in [4.69, 9.17) is 0 Å². The summed E-state index contributed by atoms with van der Waals surface area (Å²) >= 11 is 0. The molecule has 0 spiro atoms. The Morgan fingerprint density at radius 3 is 2.71 bits per heavy atom. The van der Waals surface area contributed by atoms with Crippen LogP contribution in [0, 0.1) is 0 Å². The first kappa shape index (κ1) is 17.9. The number of amides is 2. The highest BCUT2D eigenvalue weighted by molar-refractivity contribution is 6.00. The van der Waals surface area contributed by atoms with E-state index in [0.717, 1.165) is 35.2 Å². The summed E-state index contributed by atoms with van der Waals surface area (Å²) in [5.74, 6) is -0.0563. The molecule has 0 radical (unpaired) electrons. The van der Waals surface area contributed by atoms with Gasteiger partial charge in [0.1, 0.15) is 6.54 Å². The molecule has 0 aliphatic carbocycles. The van der Waals surface area contributed by atoms with Crippen LogP contribution in [0.5, 0.6) is 0 Å². The number of hydrazone groups is 1. The van der Waals surface area contributed by atoms with E-state index in [1.165, 1.54) is 0 Å². The first-order valence-electron chi connectivity index (χ1n) is 9.25. The zero-order valence-corrected chi connectivity index (χ0v) is 15.6. The lowest BCUT2D eigenvalue weighted by atomic mass is 10.1. The van der Waals surface area contributed by atoms with Gasteiger partial charge in [0.15, 0.2) is 0 Å². The van der Waals surface area contributed by atoms with Crippen molar-refractivity contribution in [2.24, 2.45) is 5.10 Å². The number of rotatable bonds is 5. The summed E-state index contributed by atoms with van der Waals surface area (Å²) in [5.41, 5.74) is 6.85. The van der Waals surface area contributed by atoms with Crippen molar-refractivity contribution in [2.45, 2.75) is 26.3 Å². The van der Waals surface area contributed by atoms with Crippen LogP contribution < -0.4 is 10.3 Å². The molecule has 28 heavy (non-hydrogen) atoms. The Balaban J connectivity index is 1.40. The molecule has 3 aromatic rings. The van der Waals surface area contributed by atoms with Crippen LogP contribution in [0.3, 0.4) is 0 Å². The maximum atomic E-state index is 12.2. The minimum atomic E-state index is -0.221. The van der Waals surface area contributed by atoms with Crippen LogP contribution in [0.4, 0.5) is 5.69 Å². The summed E-state index contributed by atoms with van der Waals surface area (Å²) in [6, 6.07) is 15.3. The van der Waals surface area contributed by atoms with E-state index in [0.29, 0.717) is 12.1 Å². The molecule has 2 aromatic carbocycles. The highest BCUT2D eigenvalue weighted by Crippen LogP contribution is 2.21. The highest BCUT2D eigenvalue weighted by Gasteiger charge is 2.21. The molecule has 2 amide bonds. The third-order valence-corrected chi connectivity index (χ3v) is 4.86. The maximum Gasteiger partial charge on any atom is 0.260 e. The van der Waals surface area contributed by atoms with Crippen LogP contribution in [-0.4, -0.2) is 33.6 Å². The Kier molecular flexibility index (Phi) is 4.89. The lowest BCUT2D eigenvalue weighted by molar-refractivity contribution is -0.121. The van der Waals surface area contributed by atoms with Crippen molar-refractivity contribution < 1.29 is 9.59 Å². The standard InChI is InChI=1S/C21H21N5O2/c1-15(16-8-10-17(11-9-16)26-12-4-7-21(26)28)23-24-20(27)13-25-14-22-18-5-2-3-6-19(18)25/h2-3,5-6,8-11,14H,4,7,12-13H2,1H3,(H,24,27)/b23-15-. The van der Waals surface area contributed by atoms with Gasteiger partial charge >= 0.3 is 0 Å². The van der Waals surface area contributed by atoms with Crippen molar-refractivity contribution in [1.82, 2.24) is 15.0 Å². The molecule has 0 unspecified atom stereocenters. The Morgan fingerprint density at radius 2 is 1.96 bits per heavy atom. The van der Waals surface area contributed by atoms with Gasteiger partial charge in [-0.05, 0) is 43.2 Å². The predicted molar refractivity (Wildman–Crippen MR) is 108 cm³/mol. The van der Waals surface area contributed by atoms with Gasteiger partial charge in [-0.1, -0.05) is 24.3 Å². The number of hydrogen-bond donors (Lipinski definition) is 1. The molecule has 1 aromatic heterocycles. The molecule has 4 rings (SSSR count). The third kappa shape index (κ3) is 3.64. The quantitative estimate of drug-likeness (QED) is 0.550. The molecule has 7 nitrogen and oxygen atoms in total. The Hall–Kier alpha value is -3.48. The van der Waals surface area contributed by atoms with Gasteiger partial charge in [0.2, 0.25) is 5.91 Å². The number of fused-ring (bicyclic) bond motifs is 1. The Bertz CT molecular complexity index is 1050. The highest BCUT2D eigenvalue weighted by atomic mass is 16.2. The summed E-state index contributed by atoms with van der Waals surface area (Å²) in [5, 5.41) is 4.20. The normalized spacial score (nSPS) is 14.7. The molecular formula is C21H21N5O2. The zero-order chi connectivity index (χ0) is 19.5. The van der Waals surface area contributed by atoms with E-state index in [-0.39, 0.29) is 18.4 Å². The smallest absolute Gasteiger partial charge is 0.260 e. The topological polar surface area (TPSA) is 79.6 Å². The molecule has 1 aliphatic rings. The summed E-state index contributed by atoms with van der Waals surface area (Å²) in [6.07, 6.45) is 3.17. The second kappa shape index (κ2) is 7.64. The van der Waals surface area contributed by atoms with Gasteiger partial charge < -0.3 is 9.47 Å². The number of carbonyl (C=O) groups excluding carboxylic acids is 2. The summed E-state index contributed by atoms with van der Waals surface area (Å²) in [7, 11) is 0. The molecule has 0 bridgehead atoms. The number of para-hydroxylation sites is 2. The number of carbonyl (C=O) groups is 2. The van der Waals surface area contributed by atoms with Crippen LogP contribution in [0.15, 0.2) is 60.0 Å². The predicted octanol–water partition coefficient (Wildman–Crippen LogP) is 2.70. The number of nitrogens with zero attached hydrogens (tertiary/aromatic N) is 4. The van der Waals surface area contributed by atoms with Crippen LogP contribution in [0.1, 0.15) is 25.3 Å². The molecule has 1 aliphatic heterocycles. The fourth-order valence-electron chi connectivity index (χ4n) is 3.34. The van der Waals surface area contributed by atoms with Crippen molar-refractivity contribution in [1.29, 1.82) is 0 Å². The van der Waals surface area contributed by atoms with Crippen molar-refractivity contribution in [3.63, 3.8) is 0 Å². The summed E-state index contributed by atoms with van der Waals surface area (Å²) < 4.78 is 1.79. The van der Waals surface area contributed by atoms with E-state index in [1.54, 1.807) is 15.8 Å². The zero-order valence-electron chi connectivity index (χ0n) is 15.6. The molecule has 1 N–H and O–H groups in total. The fourth-order valence-corrected chi connectivity index (χ4v) is 3.34. The maximum absolute atomic E-state index is 12.2. The van der Waals surface area contributed by atoms with E-state index in [1.807, 2.05) is 55.5 Å². The average Bonchev–Trinajstić information content (AvgIpc) is 3.33. The van der Waals surface area contributed by atoms with E-state index < -0.39 is 0 Å². The number of imidazole rings is 1. The fraction of sp³-hybridized carbons (Fsp3) is 0.238. The van der Waals surface area contributed by atoms with Gasteiger partial charge in [0.25, 0.3) is 5.91 Å². The largest absolute Gasteiger partial charge is 0.321 e. The van der Waals surface area contributed by atoms with Crippen LogP contribution in [0.25, 0.3) is 11.0 Å². The SMILES string of the molecule is C/C(=N/NC(=O)Cn1cnc2ccccc21)c1ccc(N2CCCC2=O)cc1. The Morgan fingerprint density at radius 1 is 1.18 bits per heavy atom. The lowest BCUT2D eigenvalue weighted by Crippen LogP contribution is -2.24. The number of nitrogens with one attached hydrogen (secondary N) is 1. The minimum absolute atomic E-state index is 0.146. The van der Waals surface area contributed by atoms with E-state index in [2.05, 4.69) is 15.5 Å². The van der Waals surface area contributed by atoms with Crippen LogP contribution >= 0.6 is 0 Å². The van der Waals surface area contributed by atoms with Crippen LogP contribution in [-0.2, 0) is 16.1 Å².